The third kappa shape index (κ3) is 2.39. The highest BCUT2D eigenvalue weighted by atomic mass is 15.1. The van der Waals surface area contributed by atoms with Crippen molar-refractivity contribution < 1.29 is 0 Å². The van der Waals surface area contributed by atoms with Crippen molar-refractivity contribution in [2.75, 3.05) is 24.5 Å². The summed E-state index contributed by atoms with van der Waals surface area (Å²) in [6.07, 6.45) is 6.79. The van der Waals surface area contributed by atoms with E-state index in [1.807, 2.05) is 0 Å². The van der Waals surface area contributed by atoms with Gasteiger partial charge in [-0.15, -0.1) is 0 Å². The van der Waals surface area contributed by atoms with Crippen molar-refractivity contribution in [2.45, 2.75) is 32.1 Å². The van der Waals surface area contributed by atoms with Crippen molar-refractivity contribution in [2.24, 2.45) is 17.6 Å². The highest BCUT2D eigenvalue weighted by Crippen LogP contribution is 2.37. The zero-order valence-electron chi connectivity index (χ0n) is 11.1. The van der Waals surface area contributed by atoms with Gasteiger partial charge in [0.15, 0.2) is 0 Å². The zero-order chi connectivity index (χ0) is 12.4. The maximum absolute atomic E-state index is 5.73. The van der Waals surface area contributed by atoms with Gasteiger partial charge in [0.05, 0.1) is 0 Å². The van der Waals surface area contributed by atoms with Gasteiger partial charge in [-0.25, -0.2) is 0 Å². The molecular weight excluding hydrogens is 220 g/mol. The van der Waals surface area contributed by atoms with E-state index in [4.69, 9.17) is 5.73 Å². The lowest BCUT2D eigenvalue weighted by molar-refractivity contribution is 0.231. The molecule has 98 valence electrons. The molecule has 1 saturated carbocycles. The fourth-order valence-electron chi connectivity index (χ4n) is 3.81. The Labute approximate surface area is 110 Å². The fourth-order valence-corrected chi connectivity index (χ4v) is 3.81. The molecule has 2 nitrogen and oxygen atoms in total. The molecule has 2 atom stereocenters. The molecule has 1 heterocycles. The van der Waals surface area contributed by atoms with Crippen LogP contribution in [-0.4, -0.2) is 19.6 Å². The van der Waals surface area contributed by atoms with Crippen LogP contribution in [0.15, 0.2) is 24.3 Å². The zero-order valence-corrected chi connectivity index (χ0v) is 11.1. The highest BCUT2D eigenvalue weighted by Gasteiger charge is 2.30. The van der Waals surface area contributed by atoms with E-state index in [1.54, 1.807) is 0 Å². The van der Waals surface area contributed by atoms with Gasteiger partial charge in [-0.1, -0.05) is 24.6 Å². The summed E-state index contributed by atoms with van der Waals surface area (Å²) in [4.78, 5) is 2.63. The van der Waals surface area contributed by atoms with Crippen molar-refractivity contribution >= 4 is 5.69 Å². The molecule has 18 heavy (non-hydrogen) atoms. The minimum Gasteiger partial charge on any atom is -0.371 e. The Morgan fingerprint density at radius 3 is 2.56 bits per heavy atom. The minimum absolute atomic E-state index is 0.748. The largest absolute Gasteiger partial charge is 0.371 e. The predicted molar refractivity (Wildman–Crippen MR) is 76.9 cm³/mol. The molecule has 1 aliphatic carbocycles. The third-order valence-corrected chi connectivity index (χ3v) is 4.59. The van der Waals surface area contributed by atoms with Crippen LogP contribution in [-0.2, 0) is 6.42 Å². The van der Waals surface area contributed by atoms with Gasteiger partial charge in [-0.05, 0) is 55.7 Å². The van der Waals surface area contributed by atoms with Crippen LogP contribution in [0, 0.1) is 11.8 Å². The predicted octanol–water partition coefficient (Wildman–Crippen LogP) is 2.81. The number of hydrogen-bond acceptors (Lipinski definition) is 2. The quantitative estimate of drug-likeness (QED) is 0.886. The summed E-state index contributed by atoms with van der Waals surface area (Å²) in [7, 11) is 0. The van der Waals surface area contributed by atoms with Gasteiger partial charge >= 0.3 is 0 Å². The lowest BCUT2D eigenvalue weighted by Crippen LogP contribution is -2.43. The van der Waals surface area contributed by atoms with Crippen LogP contribution in [0.2, 0.25) is 0 Å². The first-order valence-electron chi connectivity index (χ1n) is 7.39. The van der Waals surface area contributed by atoms with Crippen LogP contribution in [0.25, 0.3) is 0 Å². The first kappa shape index (κ1) is 12.0. The number of para-hydroxylation sites is 1. The van der Waals surface area contributed by atoms with Gasteiger partial charge in [0.2, 0.25) is 0 Å². The third-order valence-electron chi connectivity index (χ3n) is 4.59. The van der Waals surface area contributed by atoms with Crippen LogP contribution in [0.4, 0.5) is 5.69 Å². The van der Waals surface area contributed by atoms with Gasteiger partial charge in [0.25, 0.3) is 0 Å². The maximum Gasteiger partial charge on any atom is 0.0399 e. The SMILES string of the molecule is NCCc1ccccc1N1CC2CCCC(C2)C1. The average Bonchev–Trinajstić information content (AvgIpc) is 2.39. The fraction of sp³-hybridized carbons (Fsp3) is 0.625. The van der Waals surface area contributed by atoms with Gasteiger partial charge in [0.1, 0.15) is 0 Å². The van der Waals surface area contributed by atoms with E-state index >= 15 is 0 Å². The van der Waals surface area contributed by atoms with E-state index in [0.717, 1.165) is 24.8 Å². The van der Waals surface area contributed by atoms with E-state index in [2.05, 4.69) is 29.2 Å². The molecule has 1 aromatic carbocycles. The highest BCUT2D eigenvalue weighted by molar-refractivity contribution is 5.54. The average molecular weight is 244 g/mol. The van der Waals surface area contributed by atoms with E-state index in [1.165, 1.54) is 50.0 Å². The molecule has 2 bridgehead atoms. The van der Waals surface area contributed by atoms with E-state index < -0.39 is 0 Å². The van der Waals surface area contributed by atoms with Gasteiger partial charge in [0, 0.05) is 18.8 Å². The first-order chi connectivity index (χ1) is 8.86. The minimum atomic E-state index is 0.748. The Kier molecular flexibility index (Phi) is 3.55. The van der Waals surface area contributed by atoms with Crippen LogP contribution in [0.5, 0.6) is 0 Å². The van der Waals surface area contributed by atoms with E-state index in [-0.39, 0.29) is 0 Å². The summed E-state index contributed by atoms with van der Waals surface area (Å²) in [5.41, 5.74) is 8.61. The molecule has 2 heteroatoms. The van der Waals surface area contributed by atoms with Crippen molar-refractivity contribution in [1.29, 1.82) is 0 Å². The lowest BCUT2D eigenvalue weighted by Gasteiger charge is -2.43. The summed E-state index contributed by atoms with van der Waals surface area (Å²) in [5, 5.41) is 0. The second kappa shape index (κ2) is 5.31. The smallest absolute Gasteiger partial charge is 0.0399 e. The van der Waals surface area contributed by atoms with Crippen LogP contribution in [0.1, 0.15) is 31.2 Å². The molecule has 3 rings (SSSR count). The number of nitrogens with zero attached hydrogens (tertiary/aromatic N) is 1. The molecule has 0 spiro atoms. The Bertz CT molecular complexity index is 390. The number of fused-ring (bicyclic) bond motifs is 2. The summed E-state index contributed by atoms with van der Waals surface area (Å²) in [6, 6.07) is 8.83. The number of rotatable bonds is 3. The Morgan fingerprint density at radius 1 is 1.11 bits per heavy atom. The molecule has 0 amide bonds. The normalized spacial score (nSPS) is 27.3. The van der Waals surface area contributed by atoms with Gasteiger partial charge < -0.3 is 10.6 Å². The molecule has 2 aliphatic rings. The molecular formula is C16H24N2. The number of anilines is 1. The van der Waals surface area contributed by atoms with E-state index in [0.29, 0.717) is 0 Å². The topological polar surface area (TPSA) is 29.3 Å². The number of benzene rings is 1. The molecule has 2 N–H and O–H groups in total. The maximum atomic E-state index is 5.73. The lowest BCUT2D eigenvalue weighted by atomic mass is 9.77. The molecule has 1 aromatic rings. The van der Waals surface area contributed by atoms with Gasteiger partial charge in [-0.3, -0.25) is 0 Å². The Balaban J connectivity index is 1.81. The summed E-state index contributed by atoms with van der Waals surface area (Å²) < 4.78 is 0. The second-order valence-electron chi connectivity index (χ2n) is 5.97. The van der Waals surface area contributed by atoms with Gasteiger partial charge in [-0.2, -0.15) is 0 Å². The molecule has 1 saturated heterocycles. The Morgan fingerprint density at radius 2 is 1.83 bits per heavy atom. The number of hydrogen-bond donors (Lipinski definition) is 1. The second-order valence-corrected chi connectivity index (χ2v) is 5.97. The molecule has 2 fully saturated rings. The van der Waals surface area contributed by atoms with Crippen molar-refractivity contribution in [3.8, 4) is 0 Å². The van der Waals surface area contributed by atoms with Crippen LogP contribution < -0.4 is 10.6 Å². The number of nitrogens with two attached hydrogens (primary N) is 1. The van der Waals surface area contributed by atoms with Crippen molar-refractivity contribution in [3.63, 3.8) is 0 Å². The molecule has 2 unspecified atom stereocenters. The van der Waals surface area contributed by atoms with Crippen molar-refractivity contribution in [1.82, 2.24) is 0 Å². The molecule has 0 radical (unpaired) electrons. The van der Waals surface area contributed by atoms with Crippen LogP contribution >= 0.6 is 0 Å². The summed E-state index contributed by atoms with van der Waals surface area (Å²) in [6.45, 7) is 3.27. The monoisotopic (exact) mass is 244 g/mol. The first-order valence-corrected chi connectivity index (χ1v) is 7.39. The molecule has 0 aromatic heterocycles. The molecule has 1 aliphatic heterocycles. The number of piperidine rings is 1. The summed E-state index contributed by atoms with van der Waals surface area (Å²) >= 11 is 0. The summed E-state index contributed by atoms with van der Waals surface area (Å²) in [5.74, 6) is 1.87. The van der Waals surface area contributed by atoms with Crippen molar-refractivity contribution in [3.05, 3.63) is 29.8 Å². The van der Waals surface area contributed by atoms with Crippen LogP contribution in [0.3, 0.4) is 0 Å². The standard InChI is InChI=1S/C16H24N2/c17-9-8-15-6-1-2-7-16(15)18-11-13-4-3-5-14(10-13)12-18/h1-2,6-7,13-14H,3-5,8-12,17H2. The van der Waals surface area contributed by atoms with E-state index in [9.17, 15) is 0 Å². The Hall–Kier alpha value is -1.02.